The molecule has 0 rings (SSSR count). The summed E-state index contributed by atoms with van der Waals surface area (Å²) in [5.74, 6) is -0.899. The number of hydrogen-bond donors (Lipinski definition) is 0. The zero-order valence-electron chi connectivity index (χ0n) is 33.2. The molecule has 0 N–H and O–H groups in total. The Morgan fingerprint density at radius 2 is 0.660 bits per heavy atom. The molecule has 0 saturated carbocycles. The van der Waals surface area contributed by atoms with Crippen molar-refractivity contribution in [1.82, 2.24) is 0 Å². The molecule has 0 aliphatic carbocycles. The SMILES string of the molecule is CCCCC/C=C\CCCCCCCC(=O)OCC(COC(=O)CCCCCCCCCC)OC(=O)CCCCCCC/C=C\CCCCC. The number of ether oxygens (including phenoxy) is 3. The van der Waals surface area contributed by atoms with Crippen LogP contribution in [0.2, 0.25) is 0 Å². The first-order valence-corrected chi connectivity index (χ1v) is 21.3. The molecule has 0 fully saturated rings. The third kappa shape index (κ3) is 37.2. The smallest absolute Gasteiger partial charge is 0.306 e. The molecule has 0 bridgehead atoms. The highest BCUT2D eigenvalue weighted by atomic mass is 16.6. The van der Waals surface area contributed by atoms with Crippen LogP contribution in [0.25, 0.3) is 0 Å². The molecular weight excluding hydrogens is 624 g/mol. The second kappa shape index (κ2) is 39.7. The number of hydrogen-bond acceptors (Lipinski definition) is 6. The second-order valence-electron chi connectivity index (χ2n) is 14.3. The summed E-state index contributed by atoms with van der Waals surface area (Å²) < 4.78 is 16.6. The largest absolute Gasteiger partial charge is 0.462 e. The van der Waals surface area contributed by atoms with Gasteiger partial charge in [-0.3, -0.25) is 14.4 Å². The van der Waals surface area contributed by atoms with Crippen LogP contribution in [-0.4, -0.2) is 37.2 Å². The minimum absolute atomic E-state index is 0.0755. The van der Waals surface area contributed by atoms with Gasteiger partial charge in [-0.15, -0.1) is 0 Å². The van der Waals surface area contributed by atoms with Gasteiger partial charge in [-0.1, -0.05) is 154 Å². The number of rotatable bonds is 38. The van der Waals surface area contributed by atoms with Gasteiger partial charge in [-0.05, 0) is 70.6 Å². The summed E-state index contributed by atoms with van der Waals surface area (Å²) in [7, 11) is 0. The van der Waals surface area contributed by atoms with Gasteiger partial charge in [0.25, 0.3) is 0 Å². The maximum atomic E-state index is 12.6. The average Bonchev–Trinajstić information content (AvgIpc) is 3.11. The molecule has 0 radical (unpaired) electrons. The molecule has 6 nitrogen and oxygen atoms in total. The Morgan fingerprint density at radius 1 is 0.380 bits per heavy atom. The first-order valence-electron chi connectivity index (χ1n) is 21.3. The van der Waals surface area contributed by atoms with E-state index < -0.39 is 6.10 Å². The van der Waals surface area contributed by atoms with Crippen LogP contribution in [0.3, 0.4) is 0 Å². The van der Waals surface area contributed by atoms with E-state index >= 15 is 0 Å². The predicted molar refractivity (Wildman–Crippen MR) is 210 cm³/mol. The number of unbranched alkanes of at least 4 members (excludes halogenated alkanes) is 23. The molecule has 0 aromatic rings. The van der Waals surface area contributed by atoms with Crippen molar-refractivity contribution in [1.29, 1.82) is 0 Å². The molecular formula is C44H80O6. The first-order chi connectivity index (χ1) is 24.5. The van der Waals surface area contributed by atoms with E-state index in [0.717, 1.165) is 77.0 Å². The minimum Gasteiger partial charge on any atom is -0.462 e. The topological polar surface area (TPSA) is 78.9 Å². The van der Waals surface area contributed by atoms with Crippen LogP contribution >= 0.6 is 0 Å². The van der Waals surface area contributed by atoms with E-state index in [9.17, 15) is 14.4 Å². The molecule has 1 atom stereocenters. The van der Waals surface area contributed by atoms with Crippen molar-refractivity contribution in [2.24, 2.45) is 0 Å². The number of allylic oxidation sites excluding steroid dienone is 4. The van der Waals surface area contributed by atoms with Crippen LogP contribution in [0.5, 0.6) is 0 Å². The van der Waals surface area contributed by atoms with Gasteiger partial charge >= 0.3 is 17.9 Å². The molecule has 0 saturated heterocycles. The van der Waals surface area contributed by atoms with Crippen molar-refractivity contribution < 1.29 is 28.6 Å². The summed E-state index contributed by atoms with van der Waals surface area (Å²) in [5, 5.41) is 0. The highest BCUT2D eigenvalue weighted by Gasteiger charge is 2.19. The highest BCUT2D eigenvalue weighted by Crippen LogP contribution is 2.13. The Hall–Kier alpha value is -2.11. The molecule has 0 heterocycles. The molecule has 50 heavy (non-hydrogen) atoms. The molecule has 0 spiro atoms. The van der Waals surface area contributed by atoms with Crippen LogP contribution in [-0.2, 0) is 28.6 Å². The first kappa shape index (κ1) is 47.9. The quantitative estimate of drug-likeness (QED) is 0.0275. The Labute approximate surface area is 309 Å². The van der Waals surface area contributed by atoms with Gasteiger partial charge in [0, 0.05) is 19.3 Å². The zero-order chi connectivity index (χ0) is 36.6. The van der Waals surface area contributed by atoms with Gasteiger partial charge in [0.05, 0.1) is 0 Å². The summed E-state index contributed by atoms with van der Waals surface area (Å²) in [5.41, 5.74) is 0. The molecule has 0 amide bonds. The van der Waals surface area contributed by atoms with E-state index in [4.69, 9.17) is 14.2 Å². The lowest BCUT2D eigenvalue weighted by atomic mass is 10.1. The van der Waals surface area contributed by atoms with Gasteiger partial charge < -0.3 is 14.2 Å². The van der Waals surface area contributed by atoms with Gasteiger partial charge in [-0.2, -0.15) is 0 Å². The zero-order valence-corrected chi connectivity index (χ0v) is 33.2. The van der Waals surface area contributed by atoms with Gasteiger partial charge in [0.2, 0.25) is 0 Å². The summed E-state index contributed by atoms with van der Waals surface area (Å²) in [6.45, 7) is 6.53. The third-order valence-corrected chi connectivity index (χ3v) is 9.18. The Balaban J connectivity index is 4.37. The number of carbonyl (C=O) groups excluding carboxylic acids is 3. The maximum Gasteiger partial charge on any atom is 0.306 e. The lowest BCUT2D eigenvalue weighted by molar-refractivity contribution is -0.167. The fourth-order valence-electron chi connectivity index (χ4n) is 5.90. The summed E-state index contributed by atoms with van der Waals surface area (Å²) in [4.78, 5) is 37.5. The summed E-state index contributed by atoms with van der Waals surface area (Å²) in [6, 6.07) is 0. The predicted octanol–water partition coefficient (Wildman–Crippen LogP) is 13.2. The molecule has 292 valence electrons. The number of esters is 3. The Bertz CT molecular complexity index is 819. The van der Waals surface area contributed by atoms with Crippen molar-refractivity contribution in [2.45, 2.75) is 226 Å². The van der Waals surface area contributed by atoms with Gasteiger partial charge in [-0.25, -0.2) is 0 Å². The molecule has 0 aliphatic heterocycles. The molecule has 1 unspecified atom stereocenters. The van der Waals surface area contributed by atoms with E-state index in [2.05, 4.69) is 45.1 Å². The fourth-order valence-corrected chi connectivity index (χ4v) is 5.90. The van der Waals surface area contributed by atoms with E-state index in [1.54, 1.807) is 0 Å². The number of carbonyl (C=O) groups is 3. The van der Waals surface area contributed by atoms with E-state index in [0.29, 0.717) is 19.3 Å². The fraction of sp³-hybridized carbons (Fsp3) is 0.841. The Morgan fingerprint density at radius 3 is 1.04 bits per heavy atom. The lowest BCUT2D eigenvalue weighted by Gasteiger charge is -2.18. The molecule has 0 aliphatic rings. The average molecular weight is 705 g/mol. The molecule has 0 aromatic carbocycles. The van der Waals surface area contributed by atoms with Crippen molar-refractivity contribution >= 4 is 17.9 Å². The van der Waals surface area contributed by atoms with Crippen molar-refractivity contribution in [3.8, 4) is 0 Å². The molecule has 6 heteroatoms. The van der Waals surface area contributed by atoms with Crippen LogP contribution < -0.4 is 0 Å². The highest BCUT2D eigenvalue weighted by molar-refractivity contribution is 5.71. The van der Waals surface area contributed by atoms with Crippen LogP contribution in [0.1, 0.15) is 220 Å². The van der Waals surface area contributed by atoms with E-state index in [1.807, 2.05) is 0 Å². The van der Waals surface area contributed by atoms with Crippen LogP contribution in [0, 0.1) is 0 Å². The normalized spacial score (nSPS) is 12.1. The minimum atomic E-state index is -0.770. The lowest BCUT2D eigenvalue weighted by Crippen LogP contribution is -2.30. The van der Waals surface area contributed by atoms with E-state index in [-0.39, 0.29) is 31.1 Å². The van der Waals surface area contributed by atoms with Crippen molar-refractivity contribution in [3.05, 3.63) is 24.3 Å². The third-order valence-electron chi connectivity index (χ3n) is 9.18. The van der Waals surface area contributed by atoms with Gasteiger partial charge in [0.15, 0.2) is 6.10 Å². The van der Waals surface area contributed by atoms with E-state index in [1.165, 1.54) is 103 Å². The molecule has 0 aromatic heterocycles. The van der Waals surface area contributed by atoms with Crippen LogP contribution in [0.15, 0.2) is 24.3 Å². The van der Waals surface area contributed by atoms with Gasteiger partial charge in [0.1, 0.15) is 13.2 Å². The van der Waals surface area contributed by atoms with Crippen molar-refractivity contribution in [3.63, 3.8) is 0 Å². The monoisotopic (exact) mass is 705 g/mol. The van der Waals surface area contributed by atoms with Crippen LogP contribution in [0.4, 0.5) is 0 Å². The second-order valence-corrected chi connectivity index (χ2v) is 14.3. The summed E-state index contributed by atoms with van der Waals surface area (Å²) in [6.07, 6.45) is 41.6. The maximum absolute atomic E-state index is 12.6. The standard InChI is InChI=1S/C44H80O6/c1-4-7-10-13-16-19-21-23-25-28-31-34-37-43(46)49-40-41(39-48-42(45)36-33-30-27-18-15-12-9-6-3)50-44(47)38-35-32-29-26-24-22-20-17-14-11-8-5-2/h16-17,19-20,41H,4-15,18,21-40H2,1-3H3/b19-16-,20-17-. The summed E-state index contributed by atoms with van der Waals surface area (Å²) >= 11 is 0. The van der Waals surface area contributed by atoms with Crippen molar-refractivity contribution in [2.75, 3.05) is 13.2 Å². The Kier molecular flexibility index (Phi) is 38.0.